The molecule has 0 aromatic carbocycles. The van der Waals surface area contributed by atoms with Crippen LogP contribution in [0.1, 0.15) is 40.5 Å². The minimum atomic E-state index is 0.743. The highest BCUT2D eigenvalue weighted by atomic mass is 35.5. The average Bonchev–Trinajstić information content (AvgIpc) is 2.33. The lowest BCUT2D eigenvalue weighted by atomic mass is 10.1. The summed E-state index contributed by atoms with van der Waals surface area (Å²) < 4.78 is 0. The molecule has 17 heavy (non-hydrogen) atoms. The lowest BCUT2D eigenvalue weighted by Crippen LogP contribution is -2.14. The zero-order chi connectivity index (χ0) is 13.3. The fourth-order valence-electron chi connectivity index (χ4n) is 1.30. The summed E-state index contributed by atoms with van der Waals surface area (Å²) >= 11 is 6.14. The van der Waals surface area contributed by atoms with Crippen LogP contribution in [-0.4, -0.2) is 13.6 Å². The van der Waals surface area contributed by atoms with Crippen LogP contribution in [0.25, 0.3) is 0 Å². The van der Waals surface area contributed by atoms with Crippen LogP contribution >= 0.6 is 11.6 Å². The van der Waals surface area contributed by atoms with E-state index in [1.165, 1.54) is 11.3 Å². The van der Waals surface area contributed by atoms with Gasteiger partial charge in [0, 0.05) is 25.5 Å². The van der Waals surface area contributed by atoms with Crippen molar-refractivity contribution < 1.29 is 0 Å². The Bertz CT molecular complexity index is 314. The van der Waals surface area contributed by atoms with Gasteiger partial charge in [-0.05, 0) is 38.3 Å². The van der Waals surface area contributed by atoms with E-state index < -0.39 is 0 Å². The third-order valence-electron chi connectivity index (χ3n) is 2.56. The second-order valence-electron chi connectivity index (χ2n) is 4.08. The van der Waals surface area contributed by atoms with Crippen LogP contribution in [0.5, 0.6) is 0 Å². The maximum atomic E-state index is 6.14. The number of nitrogens with one attached hydrogen (secondary N) is 2. The van der Waals surface area contributed by atoms with E-state index in [0.717, 1.165) is 30.0 Å². The summed E-state index contributed by atoms with van der Waals surface area (Å²) in [5.74, 6) is 0. The van der Waals surface area contributed by atoms with Crippen molar-refractivity contribution in [2.45, 2.75) is 40.5 Å². The van der Waals surface area contributed by atoms with Crippen LogP contribution in [0.2, 0.25) is 0 Å². The van der Waals surface area contributed by atoms with Crippen molar-refractivity contribution >= 4 is 11.6 Å². The smallest absolute Gasteiger partial charge is 0.0592 e. The predicted octanol–water partition coefficient (Wildman–Crippen LogP) is 3.92. The van der Waals surface area contributed by atoms with Crippen LogP contribution < -0.4 is 10.6 Å². The average molecular weight is 257 g/mol. The van der Waals surface area contributed by atoms with Gasteiger partial charge in [-0.15, -0.1) is 0 Å². The summed E-state index contributed by atoms with van der Waals surface area (Å²) in [6, 6.07) is 0. The third kappa shape index (κ3) is 6.42. The third-order valence-corrected chi connectivity index (χ3v) is 2.97. The Labute approximate surface area is 111 Å². The summed E-state index contributed by atoms with van der Waals surface area (Å²) in [6.45, 7) is 9.49. The first-order chi connectivity index (χ1) is 8.06. The Morgan fingerprint density at radius 1 is 1.24 bits per heavy atom. The fourth-order valence-corrected chi connectivity index (χ4v) is 1.46. The quantitative estimate of drug-likeness (QED) is 0.675. The fraction of sp³-hybridized carbons (Fsp3) is 0.571. The lowest BCUT2D eigenvalue weighted by molar-refractivity contribution is 0.770. The maximum absolute atomic E-state index is 6.14. The van der Waals surface area contributed by atoms with Crippen molar-refractivity contribution in [1.82, 2.24) is 10.6 Å². The van der Waals surface area contributed by atoms with E-state index in [1.54, 1.807) is 6.20 Å². The maximum Gasteiger partial charge on any atom is 0.0592 e. The van der Waals surface area contributed by atoms with Gasteiger partial charge in [-0.2, -0.15) is 0 Å². The molecule has 0 spiro atoms. The molecule has 0 saturated carbocycles. The van der Waals surface area contributed by atoms with Crippen molar-refractivity contribution in [3.63, 3.8) is 0 Å². The van der Waals surface area contributed by atoms with Crippen molar-refractivity contribution in [2.75, 3.05) is 13.6 Å². The lowest BCUT2D eigenvalue weighted by Gasteiger charge is -2.11. The van der Waals surface area contributed by atoms with E-state index >= 15 is 0 Å². The molecule has 0 atom stereocenters. The van der Waals surface area contributed by atoms with E-state index in [9.17, 15) is 0 Å². The van der Waals surface area contributed by atoms with Crippen molar-refractivity contribution in [2.24, 2.45) is 0 Å². The van der Waals surface area contributed by atoms with Crippen LogP contribution in [0.3, 0.4) is 0 Å². The van der Waals surface area contributed by atoms with E-state index in [-0.39, 0.29) is 0 Å². The number of hydrogen-bond acceptors (Lipinski definition) is 2. The normalized spacial score (nSPS) is 14.5. The second-order valence-corrected chi connectivity index (χ2v) is 4.49. The van der Waals surface area contributed by atoms with Crippen LogP contribution in [-0.2, 0) is 0 Å². The first-order valence-electron chi connectivity index (χ1n) is 6.22. The molecule has 0 aromatic heterocycles. The molecule has 0 bridgehead atoms. The van der Waals surface area contributed by atoms with Gasteiger partial charge >= 0.3 is 0 Å². The summed E-state index contributed by atoms with van der Waals surface area (Å²) in [7, 11) is 1.85. The second kappa shape index (κ2) is 9.17. The molecule has 0 radical (unpaired) electrons. The molecule has 0 heterocycles. The first kappa shape index (κ1) is 16.1. The zero-order valence-corrected chi connectivity index (χ0v) is 12.4. The molecule has 0 aliphatic carbocycles. The summed E-state index contributed by atoms with van der Waals surface area (Å²) in [6.07, 6.45) is 6.08. The number of allylic oxidation sites excluding steroid dienone is 4. The van der Waals surface area contributed by atoms with E-state index in [2.05, 4.69) is 37.5 Å². The largest absolute Gasteiger partial charge is 0.393 e. The zero-order valence-electron chi connectivity index (χ0n) is 11.7. The number of hydrogen-bond donors (Lipinski definition) is 2. The summed E-state index contributed by atoms with van der Waals surface area (Å²) in [5.41, 5.74) is 3.61. The molecular weight excluding hydrogens is 232 g/mol. The van der Waals surface area contributed by atoms with Gasteiger partial charge in [0.1, 0.15) is 0 Å². The van der Waals surface area contributed by atoms with Gasteiger partial charge in [0.2, 0.25) is 0 Å². The SMILES string of the molecule is CCCNC(/C=C(C)\C(Cl)=C/NC)=C(\C)CC. The molecule has 0 amide bonds. The Morgan fingerprint density at radius 2 is 1.88 bits per heavy atom. The standard InChI is InChI=1S/C14H25ClN2/c1-6-8-17-14(11(3)7-2)9-12(4)13(15)10-16-5/h9-10,16-17H,6-8H2,1-5H3/b12-9-,13-10+,14-11+. The molecule has 0 saturated heterocycles. The molecule has 0 rings (SSSR count). The Balaban J connectivity index is 4.97. The van der Waals surface area contributed by atoms with Crippen LogP contribution in [0.4, 0.5) is 0 Å². The van der Waals surface area contributed by atoms with Gasteiger partial charge in [0.15, 0.2) is 0 Å². The summed E-state index contributed by atoms with van der Waals surface area (Å²) in [4.78, 5) is 0. The van der Waals surface area contributed by atoms with Crippen LogP contribution in [0, 0.1) is 0 Å². The number of halogens is 1. The predicted molar refractivity (Wildman–Crippen MR) is 78.0 cm³/mol. The Morgan fingerprint density at radius 3 is 2.35 bits per heavy atom. The molecule has 2 nitrogen and oxygen atoms in total. The highest BCUT2D eigenvalue weighted by Gasteiger charge is 2.01. The van der Waals surface area contributed by atoms with Crippen LogP contribution in [0.15, 0.2) is 34.2 Å². The Hall–Kier alpha value is -0.890. The molecule has 0 fully saturated rings. The van der Waals surface area contributed by atoms with Crippen molar-refractivity contribution in [1.29, 1.82) is 0 Å². The molecular formula is C14H25ClN2. The highest BCUT2D eigenvalue weighted by Crippen LogP contribution is 2.17. The van der Waals surface area contributed by atoms with Gasteiger partial charge < -0.3 is 10.6 Å². The van der Waals surface area contributed by atoms with Gasteiger partial charge in [-0.1, -0.05) is 31.0 Å². The number of rotatable bonds is 7. The molecule has 0 unspecified atom stereocenters. The van der Waals surface area contributed by atoms with Gasteiger partial charge in [0.25, 0.3) is 0 Å². The van der Waals surface area contributed by atoms with Crippen molar-refractivity contribution in [3.05, 3.63) is 34.2 Å². The monoisotopic (exact) mass is 256 g/mol. The topological polar surface area (TPSA) is 24.1 Å². The molecule has 0 aliphatic rings. The minimum absolute atomic E-state index is 0.743. The molecule has 3 heteroatoms. The van der Waals surface area contributed by atoms with Gasteiger partial charge in [0.05, 0.1) is 5.03 Å². The minimum Gasteiger partial charge on any atom is -0.393 e. The van der Waals surface area contributed by atoms with Crippen molar-refractivity contribution in [3.8, 4) is 0 Å². The van der Waals surface area contributed by atoms with E-state index in [4.69, 9.17) is 11.6 Å². The first-order valence-corrected chi connectivity index (χ1v) is 6.59. The molecule has 0 aromatic rings. The van der Waals surface area contributed by atoms with E-state index in [0.29, 0.717) is 0 Å². The van der Waals surface area contributed by atoms with E-state index in [1.807, 2.05) is 14.0 Å². The Kier molecular flexibility index (Phi) is 8.69. The molecule has 2 N–H and O–H groups in total. The molecule has 98 valence electrons. The van der Waals surface area contributed by atoms with Gasteiger partial charge in [-0.3, -0.25) is 0 Å². The highest BCUT2D eigenvalue weighted by molar-refractivity contribution is 6.31. The summed E-state index contributed by atoms with van der Waals surface area (Å²) in [5, 5.41) is 7.12. The molecule has 0 aliphatic heterocycles. The van der Waals surface area contributed by atoms with Gasteiger partial charge in [-0.25, -0.2) is 0 Å².